The lowest BCUT2D eigenvalue weighted by Crippen LogP contribution is -2.71. The average molecular weight is 941 g/mol. The first kappa shape index (κ1) is 53.4. The standard InChI is InChI=1S/C44H76N8O14/c1-11-30-27(22-24(2)3)16-17-44(61,66-30)43(9,64-10)41(59)47-32-34(26(6)7)65-40(58)33(25(4)5)52(63)39(57)35-42(8,60)18-21-48(35)36(54)28-14-12-19-45-50(28)31(53)23-49(62)37(55)29-15-13-20-46-51(29)38(32)56/h24-30,32-35,39,45-46,57,60-63H,11-23H2,1-10H3,(H,47,59). The predicted molar refractivity (Wildman–Crippen MR) is 233 cm³/mol. The number of amides is 5. The van der Waals surface area contributed by atoms with E-state index in [4.69, 9.17) is 14.2 Å². The van der Waals surface area contributed by atoms with Gasteiger partial charge in [0.15, 0.2) is 11.8 Å². The van der Waals surface area contributed by atoms with Crippen LogP contribution in [0.1, 0.15) is 120 Å². The number of hydrazine groups is 2. The Morgan fingerprint density at radius 1 is 0.909 bits per heavy atom. The molecule has 0 saturated carbocycles. The lowest BCUT2D eigenvalue weighted by molar-refractivity contribution is -0.333. The largest absolute Gasteiger partial charge is 0.458 e. The van der Waals surface area contributed by atoms with Gasteiger partial charge in [-0.1, -0.05) is 48.5 Å². The quantitative estimate of drug-likeness (QED) is 0.112. The molecular formula is C44H76N8O14. The van der Waals surface area contributed by atoms with Crippen molar-refractivity contribution in [3.05, 3.63) is 0 Å². The van der Waals surface area contributed by atoms with Gasteiger partial charge in [0.2, 0.25) is 11.7 Å². The highest BCUT2D eigenvalue weighted by Crippen LogP contribution is 2.43. The van der Waals surface area contributed by atoms with E-state index >= 15 is 4.79 Å². The molecule has 12 atom stereocenters. The maximum atomic E-state index is 15.2. The fourth-order valence-corrected chi connectivity index (χ4v) is 10.3. The van der Waals surface area contributed by atoms with Crippen LogP contribution in [0.15, 0.2) is 0 Å². The van der Waals surface area contributed by atoms with Crippen LogP contribution in [-0.2, 0) is 43.0 Å². The number of carbonyl (C=O) groups is 6. The summed E-state index contributed by atoms with van der Waals surface area (Å²) in [7, 11) is 1.21. The molecule has 8 N–H and O–H groups in total. The average Bonchev–Trinajstić information content (AvgIpc) is 3.59. The molecule has 12 unspecified atom stereocenters. The Labute approximate surface area is 387 Å². The minimum atomic E-state index is -2.21. The summed E-state index contributed by atoms with van der Waals surface area (Å²) in [4.78, 5) is 88.3. The molecule has 0 aromatic carbocycles. The predicted octanol–water partition coefficient (Wildman–Crippen LogP) is -0.00730. The summed E-state index contributed by atoms with van der Waals surface area (Å²) in [6, 6.07) is -7.81. The Morgan fingerprint density at radius 2 is 1.52 bits per heavy atom. The van der Waals surface area contributed by atoms with E-state index in [0.717, 1.165) is 21.3 Å². The van der Waals surface area contributed by atoms with Gasteiger partial charge in [-0.3, -0.25) is 44.0 Å². The van der Waals surface area contributed by atoms with Gasteiger partial charge in [0, 0.05) is 33.2 Å². The highest BCUT2D eigenvalue weighted by molar-refractivity contribution is 5.96. The Bertz CT molecular complexity index is 1770. The van der Waals surface area contributed by atoms with E-state index in [-0.39, 0.29) is 56.3 Å². The first-order valence-corrected chi connectivity index (χ1v) is 23.6. The maximum Gasteiger partial charge on any atom is 0.326 e. The molecule has 0 aromatic heterocycles. The van der Waals surface area contributed by atoms with Gasteiger partial charge in [-0.05, 0) is 88.9 Å². The van der Waals surface area contributed by atoms with Gasteiger partial charge in [-0.25, -0.2) is 15.9 Å². The van der Waals surface area contributed by atoms with Crippen molar-refractivity contribution in [3.63, 3.8) is 0 Å². The van der Waals surface area contributed by atoms with Gasteiger partial charge in [0.05, 0.1) is 11.7 Å². The molecule has 5 aliphatic rings. The molecule has 22 heteroatoms. The van der Waals surface area contributed by atoms with E-state index in [1.807, 2.05) is 6.92 Å². The van der Waals surface area contributed by atoms with Crippen molar-refractivity contribution in [2.75, 3.05) is 33.3 Å². The number of nitrogens with zero attached hydrogens (tertiary/aromatic N) is 5. The number of carbonyl (C=O) groups excluding carboxylic acids is 6. The van der Waals surface area contributed by atoms with Crippen molar-refractivity contribution in [2.24, 2.45) is 23.7 Å². The minimum Gasteiger partial charge on any atom is -0.458 e. The maximum absolute atomic E-state index is 15.2. The number of hydrogen-bond acceptors (Lipinski definition) is 17. The molecular weight excluding hydrogens is 865 g/mol. The summed E-state index contributed by atoms with van der Waals surface area (Å²) >= 11 is 0. The molecule has 5 saturated heterocycles. The van der Waals surface area contributed by atoms with Gasteiger partial charge < -0.3 is 45.0 Å². The number of rotatable bonds is 9. The molecule has 5 fully saturated rings. The summed E-state index contributed by atoms with van der Waals surface area (Å²) in [5.41, 5.74) is 1.74. The van der Waals surface area contributed by atoms with Crippen molar-refractivity contribution in [1.29, 1.82) is 0 Å². The molecule has 0 spiro atoms. The molecule has 376 valence electrons. The SMILES string of the molecule is CCC1OC(O)(C(C)(OC)C(=O)NC2C(=O)N3NCCCC3C(=O)N(O)CC(=O)N3NCCCC3C(=O)N3CCC(C)(O)C3C(O)N(O)C(C(C)C)C(=O)OC2C(C)C)CCC1CC(C)C. The van der Waals surface area contributed by atoms with Crippen LogP contribution in [0.2, 0.25) is 0 Å². The van der Waals surface area contributed by atoms with Crippen molar-refractivity contribution < 1.29 is 68.7 Å². The van der Waals surface area contributed by atoms with Crippen LogP contribution in [0, 0.1) is 23.7 Å². The first-order valence-electron chi connectivity index (χ1n) is 23.6. The van der Waals surface area contributed by atoms with E-state index in [1.165, 1.54) is 21.0 Å². The number of hydroxylamine groups is 4. The second kappa shape index (κ2) is 21.4. The highest BCUT2D eigenvalue weighted by atomic mass is 16.7. The van der Waals surface area contributed by atoms with E-state index < -0.39 is 120 Å². The number of nitrogens with one attached hydrogen (secondary N) is 3. The fourth-order valence-electron chi connectivity index (χ4n) is 10.3. The topological polar surface area (TPSA) is 284 Å². The van der Waals surface area contributed by atoms with Crippen molar-refractivity contribution >= 4 is 35.5 Å². The third-order valence-electron chi connectivity index (χ3n) is 14.2. The number of hydrogen-bond donors (Lipinski definition) is 8. The summed E-state index contributed by atoms with van der Waals surface area (Å²) in [6.45, 7) is 14.4. The number of fused-ring (bicyclic) bond motifs is 3. The van der Waals surface area contributed by atoms with Gasteiger partial charge in [-0.2, -0.15) is 0 Å². The number of ether oxygens (including phenoxy) is 3. The zero-order valence-electron chi connectivity index (χ0n) is 40.3. The van der Waals surface area contributed by atoms with Crippen LogP contribution >= 0.6 is 0 Å². The molecule has 0 aliphatic carbocycles. The number of esters is 1. The van der Waals surface area contributed by atoms with Crippen LogP contribution in [0.5, 0.6) is 0 Å². The van der Waals surface area contributed by atoms with Crippen LogP contribution in [0.4, 0.5) is 0 Å². The van der Waals surface area contributed by atoms with Crippen molar-refractivity contribution in [1.82, 2.24) is 41.2 Å². The van der Waals surface area contributed by atoms with Crippen LogP contribution in [0.3, 0.4) is 0 Å². The Hall–Kier alpha value is -3.58. The minimum absolute atomic E-state index is 0.00943. The Kier molecular flexibility index (Phi) is 17.3. The second-order valence-electron chi connectivity index (χ2n) is 20.2. The molecule has 5 amide bonds. The Balaban J connectivity index is 1.62. The summed E-state index contributed by atoms with van der Waals surface area (Å²) in [5, 5.41) is 63.9. The zero-order valence-corrected chi connectivity index (χ0v) is 40.3. The monoisotopic (exact) mass is 941 g/mol. The summed E-state index contributed by atoms with van der Waals surface area (Å²) < 4.78 is 18.3. The van der Waals surface area contributed by atoms with E-state index in [9.17, 15) is 49.7 Å². The molecule has 0 aromatic rings. The van der Waals surface area contributed by atoms with Crippen LogP contribution in [-0.4, -0.2) is 185 Å². The molecule has 5 heterocycles. The van der Waals surface area contributed by atoms with Gasteiger partial charge in [-0.15, -0.1) is 5.06 Å². The van der Waals surface area contributed by atoms with E-state index in [2.05, 4.69) is 30.0 Å². The smallest absolute Gasteiger partial charge is 0.326 e. The molecule has 0 bridgehead atoms. The number of methoxy groups -OCH3 is 1. The van der Waals surface area contributed by atoms with Gasteiger partial charge in [0.1, 0.15) is 42.9 Å². The third-order valence-corrected chi connectivity index (χ3v) is 14.2. The number of aliphatic hydroxyl groups excluding tert-OH is 1. The first-order chi connectivity index (χ1) is 30.8. The third kappa shape index (κ3) is 10.7. The fraction of sp³-hybridized carbons (Fsp3) is 0.864. The molecule has 22 nitrogen and oxygen atoms in total. The molecule has 66 heavy (non-hydrogen) atoms. The summed E-state index contributed by atoms with van der Waals surface area (Å²) in [6.07, 6.45) is -1.51. The normalized spacial score (nSPS) is 36.1. The van der Waals surface area contributed by atoms with Crippen molar-refractivity contribution in [2.45, 2.75) is 186 Å². The second-order valence-corrected chi connectivity index (χ2v) is 20.2. The highest BCUT2D eigenvalue weighted by Gasteiger charge is 2.60. The van der Waals surface area contributed by atoms with Gasteiger partial charge in [0.25, 0.3) is 23.6 Å². The Morgan fingerprint density at radius 3 is 2.08 bits per heavy atom. The molecule has 5 aliphatic heterocycles. The number of aliphatic hydroxyl groups is 3. The number of cyclic esters (lactones) is 1. The van der Waals surface area contributed by atoms with E-state index in [0.29, 0.717) is 36.7 Å². The van der Waals surface area contributed by atoms with Gasteiger partial charge >= 0.3 is 5.97 Å². The summed E-state index contributed by atoms with van der Waals surface area (Å²) in [5.74, 6) is -9.28. The van der Waals surface area contributed by atoms with Crippen molar-refractivity contribution in [3.8, 4) is 0 Å². The zero-order chi connectivity index (χ0) is 49.2. The molecule has 0 radical (unpaired) electrons. The molecule has 5 rings (SSSR count). The van der Waals surface area contributed by atoms with E-state index in [1.54, 1.807) is 27.7 Å². The lowest BCUT2D eigenvalue weighted by Gasteiger charge is -2.49. The van der Waals surface area contributed by atoms with Crippen LogP contribution < -0.4 is 16.2 Å². The lowest BCUT2D eigenvalue weighted by atomic mass is 9.78. The van der Waals surface area contributed by atoms with Crippen LogP contribution in [0.25, 0.3) is 0 Å².